The lowest BCUT2D eigenvalue weighted by molar-refractivity contribution is -0.147. The molecule has 0 aliphatic carbocycles. The summed E-state index contributed by atoms with van der Waals surface area (Å²) in [5.41, 5.74) is 1.22. The first kappa shape index (κ1) is 27.7. The van der Waals surface area contributed by atoms with Crippen LogP contribution in [0.4, 0.5) is 8.78 Å². The number of tetrazole rings is 1. The van der Waals surface area contributed by atoms with Crippen molar-refractivity contribution >= 4 is 35.0 Å². The molecule has 1 unspecified atom stereocenters. The Bertz CT molecular complexity index is 1310. The first-order valence-electron chi connectivity index (χ1n) is 11.6. The molecule has 1 fully saturated rings. The maximum Gasteiger partial charge on any atom is 0.387 e. The predicted molar refractivity (Wildman–Crippen MR) is 133 cm³/mol. The molecule has 0 spiro atoms. The van der Waals surface area contributed by atoms with Crippen molar-refractivity contribution in [2.45, 2.75) is 51.6 Å². The van der Waals surface area contributed by atoms with Crippen molar-refractivity contribution in [1.29, 1.82) is 0 Å². The molecule has 1 aliphatic rings. The molecule has 1 aromatic heterocycles. The number of hydrogen-bond acceptors (Lipinski definition) is 7. The molecule has 4 rings (SSSR count). The minimum absolute atomic E-state index is 0.00189. The Morgan fingerprint density at radius 2 is 1.95 bits per heavy atom. The van der Waals surface area contributed by atoms with Gasteiger partial charge in [-0.3, -0.25) is 9.59 Å². The van der Waals surface area contributed by atoms with Crippen LogP contribution in [-0.4, -0.2) is 60.7 Å². The fraction of sp³-hybridized carbons (Fsp3) is 0.375. The van der Waals surface area contributed by atoms with E-state index < -0.39 is 30.6 Å². The van der Waals surface area contributed by atoms with Crippen molar-refractivity contribution in [3.05, 3.63) is 63.9 Å². The molecule has 38 heavy (non-hydrogen) atoms. The Hall–Kier alpha value is -3.35. The number of aliphatic hydroxyl groups excluding tert-OH is 1. The number of likely N-dealkylation sites (tertiary alicyclic amines) is 1. The van der Waals surface area contributed by atoms with Gasteiger partial charge in [-0.2, -0.15) is 8.78 Å². The molecule has 14 heteroatoms. The van der Waals surface area contributed by atoms with Crippen molar-refractivity contribution < 1.29 is 28.2 Å². The quantitative estimate of drug-likeness (QED) is 0.426. The average Bonchev–Trinajstić information content (AvgIpc) is 3.49. The maximum absolute atomic E-state index is 13.4. The Labute approximate surface area is 226 Å². The van der Waals surface area contributed by atoms with Crippen LogP contribution in [0.2, 0.25) is 10.0 Å². The third-order valence-electron chi connectivity index (χ3n) is 6.51. The fourth-order valence-corrected chi connectivity index (χ4v) is 4.92. The van der Waals surface area contributed by atoms with Gasteiger partial charge < -0.3 is 20.1 Å². The molecule has 10 nitrogen and oxygen atoms in total. The van der Waals surface area contributed by atoms with Crippen LogP contribution < -0.4 is 10.1 Å². The number of aromatic nitrogens is 4. The number of ether oxygens (including phenoxy) is 1. The summed E-state index contributed by atoms with van der Waals surface area (Å²) >= 11 is 12.1. The zero-order chi connectivity index (χ0) is 27.6. The van der Waals surface area contributed by atoms with E-state index >= 15 is 0 Å². The second-order valence-electron chi connectivity index (χ2n) is 8.96. The van der Waals surface area contributed by atoms with Crippen LogP contribution in [0, 0.1) is 5.92 Å². The highest BCUT2D eigenvalue weighted by Crippen LogP contribution is 2.34. The van der Waals surface area contributed by atoms with E-state index in [0.717, 1.165) is 12.1 Å². The SMILES string of the molecule is CC1[C@@H](C)C[C@@H](C(=O)NCc2cc(Cl)ccc2-n2cnnn2)N1C(=O)[C@H](O)c1cc(Cl)cc(OC(F)F)c1. The van der Waals surface area contributed by atoms with E-state index in [1.165, 1.54) is 22.0 Å². The summed E-state index contributed by atoms with van der Waals surface area (Å²) < 4.78 is 31.2. The first-order chi connectivity index (χ1) is 18.0. The molecule has 0 saturated carbocycles. The number of alkyl halides is 2. The highest BCUT2D eigenvalue weighted by atomic mass is 35.5. The van der Waals surface area contributed by atoms with Crippen LogP contribution in [-0.2, 0) is 16.1 Å². The van der Waals surface area contributed by atoms with Crippen molar-refractivity contribution in [3.8, 4) is 11.4 Å². The van der Waals surface area contributed by atoms with Crippen LogP contribution in [0.15, 0.2) is 42.7 Å². The molecule has 2 amide bonds. The van der Waals surface area contributed by atoms with Gasteiger partial charge in [0.1, 0.15) is 18.1 Å². The van der Waals surface area contributed by atoms with E-state index in [1.807, 2.05) is 6.92 Å². The first-order valence-corrected chi connectivity index (χ1v) is 12.4. The van der Waals surface area contributed by atoms with Crippen molar-refractivity contribution in [3.63, 3.8) is 0 Å². The third kappa shape index (κ3) is 6.03. The van der Waals surface area contributed by atoms with Crippen LogP contribution in [0.25, 0.3) is 5.69 Å². The summed E-state index contributed by atoms with van der Waals surface area (Å²) in [4.78, 5) is 28.0. The van der Waals surface area contributed by atoms with E-state index in [-0.39, 0.29) is 34.8 Å². The molecule has 2 aromatic carbocycles. The molecule has 0 radical (unpaired) electrons. The van der Waals surface area contributed by atoms with Gasteiger partial charge in [-0.25, -0.2) is 4.68 Å². The van der Waals surface area contributed by atoms with Crippen LogP contribution >= 0.6 is 23.2 Å². The topological polar surface area (TPSA) is 122 Å². The number of amides is 2. The molecule has 0 bridgehead atoms. The molecule has 202 valence electrons. The van der Waals surface area contributed by atoms with Gasteiger partial charge in [0.15, 0.2) is 6.10 Å². The molecular weight excluding hydrogens is 545 g/mol. The summed E-state index contributed by atoms with van der Waals surface area (Å²) in [5.74, 6) is -1.55. The van der Waals surface area contributed by atoms with Gasteiger partial charge in [0, 0.05) is 22.6 Å². The number of carbonyl (C=O) groups excluding carboxylic acids is 2. The number of nitrogens with zero attached hydrogens (tertiary/aromatic N) is 5. The summed E-state index contributed by atoms with van der Waals surface area (Å²) in [5, 5.41) is 25.3. The summed E-state index contributed by atoms with van der Waals surface area (Å²) in [6.07, 6.45) is 0.0107. The summed E-state index contributed by atoms with van der Waals surface area (Å²) in [6.45, 7) is 0.632. The summed E-state index contributed by atoms with van der Waals surface area (Å²) in [7, 11) is 0. The number of rotatable bonds is 8. The van der Waals surface area contributed by atoms with E-state index in [4.69, 9.17) is 23.2 Å². The number of halogens is 4. The van der Waals surface area contributed by atoms with Crippen molar-refractivity contribution in [2.75, 3.05) is 0 Å². The Balaban J connectivity index is 1.53. The Morgan fingerprint density at radius 3 is 2.63 bits per heavy atom. The zero-order valence-corrected chi connectivity index (χ0v) is 21.8. The molecule has 1 aliphatic heterocycles. The van der Waals surface area contributed by atoms with Gasteiger partial charge in [0.2, 0.25) is 5.91 Å². The van der Waals surface area contributed by atoms with Gasteiger partial charge in [0.05, 0.1) is 5.69 Å². The lowest BCUT2D eigenvalue weighted by Gasteiger charge is -2.30. The lowest BCUT2D eigenvalue weighted by atomic mass is 10.0. The minimum Gasteiger partial charge on any atom is -0.435 e. The number of benzene rings is 2. The molecule has 4 atom stereocenters. The van der Waals surface area contributed by atoms with Gasteiger partial charge in [-0.1, -0.05) is 30.1 Å². The highest BCUT2D eigenvalue weighted by molar-refractivity contribution is 6.31. The molecule has 2 heterocycles. The number of carbonyl (C=O) groups is 2. The number of aliphatic hydroxyl groups is 1. The van der Waals surface area contributed by atoms with E-state index in [1.54, 1.807) is 25.1 Å². The van der Waals surface area contributed by atoms with E-state index in [9.17, 15) is 23.5 Å². The number of hydrogen-bond donors (Lipinski definition) is 2. The largest absolute Gasteiger partial charge is 0.435 e. The van der Waals surface area contributed by atoms with E-state index in [2.05, 4.69) is 25.6 Å². The smallest absolute Gasteiger partial charge is 0.387 e. The standard InChI is InChI=1S/C24H24Cl2F2N6O4/c1-12-5-20(22(36)29-10-15-7-16(25)3-4-19(15)33-11-30-31-32-33)34(13(12)2)23(37)21(35)14-6-17(26)9-18(8-14)38-24(27)28/h3-4,6-9,11-13,20-21,24,35H,5,10H2,1-2H3,(H,29,36)/t12-,13?,20-,21+/m0/s1. The zero-order valence-electron chi connectivity index (χ0n) is 20.3. The Morgan fingerprint density at radius 1 is 1.18 bits per heavy atom. The fourth-order valence-electron chi connectivity index (χ4n) is 4.50. The maximum atomic E-state index is 13.4. The van der Waals surface area contributed by atoms with Crippen LogP contribution in [0.1, 0.15) is 37.5 Å². The van der Waals surface area contributed by atoms with Gasteiger partial charge in [-0.05, 0) is 77.2 Å². The normalized spacial score (nSPS) is 20.0. The Kier molecular flexibility index (Phi) is 8.44. The molecule has 2 N–H and O–H groups in total. The van der Waals surface area contributed by atoms with Crippen LogP contribution in [0.3, 0.4) is 0 Å². The van der Waals surface area contributed by atoms with E-state index in [0.29, 0.717) is 22.7 Å². The van der Waals surface area contributed by atoms with Crippen molar-refractivity contribution in [1.82, 2.24) is 30.4 Å². The van der Waals surface area contributed by atoms with Crippen molar-refractivity contribution in [2.24, 2.45) is 5.92 Å². The second-order valence-corrected chi connectivity index (χ2v) is 9.83. The highest BCUT2D eigenvalue weighted by Gasteiger charge is 2.44. The minimum atomic E-state index is -3.11. The second kappa shape index (κ2) is 11.6. The number of nitrogens with one attached hydrogen (secondary N) is 1. The monoisotopic (exact) mass is 568 g/mol. The molecular formula is C24H24Cl2F2N6O4. The average molecular weight is 569 g/mol. The van der Waals surface area contributed by atoms with Crippen LogP contribution in [0.5, 0.6) is 5.75 Å². The lowest BCUT2D eigenvalue weighted by Crippen LogP contribution is -2.50. The van der Waals surface area contributed by atoms with Gasteiger partial charge in [0.25, 0.3) is 5.91 Å². The molecule has 3 aromatic rings. The third-order valence-corrected chi connectivity index (χ3v) is 6.96. The van der Waals surface area contributed by atoms with Gasteiger partial charge in [-0.15, -0.1) is 5.10 Å². The summed E-state index contributed by atoms with van der Waals surface area (Å²) in [6, 6.07) is 7.32. The molecule has 1 saturated heterocycles. The van der Waals surface area contributed by atoms with Gasteiger partial charge >= 0.3 is 6.61 Å². The predicted octanol–water partition coefficient (Wildman–Crippen LogP) is 3.55.